The Bertz CT molecular complexity index is 1000. The van der Waals surface area contributed by atoms with E-state index in [1.807, 2.05) is 44.2 Å². The molecule has 28 heavy (non-hydrogen) atoms. The lowest BCUT2D eigenvalue weighted by molar-refractivity contribution is -0.115. The summed E-state index contributed by atoms with van der Waals surface area (Å²) in [7, 11) is 0. The van der Waals surface area contributed by atoms with Crippen molar-refractivity contribution < 1.29 is 13.9 Å². The monoisotopic (exact) mass is 397 g/mol. The molecule has 5 nitrogen and oxygen atoms in total. The molecular formula is C21H20FN3O2S. The predicted molar refractivity (Wildman–Crippen MR) is 108 cm³/mol. The number of fused-ring (bicyclic) bond motifs is 1. The standard InChI is InChI=1S/C21H20FN3O2S/c1-12-18-19(28-13(2)21(26)23-20(18)25-24-12)15-6-8-17(9-7-15)27-11-14-4-3-5-16(22)10-14/h3-10,13,19H,11H2,1-2H3,(H2,23,24,25,26)/t13-,19+/m0/s1. The lowest BCUT2D eigenvalue weighted by atomic mass is 10.0. The molecule has 7 heteroatoms. The third kappa shape index (κ3) is 3.75. The molecule has 0 radical (unpaired) electrons. The van der Waals surface area contributed by atoms with Crippen molar-refractivity contribution in [3.05, 3.63) is 76.7 Å². The number of aromatic nitrogens is 2. The Hall–Kier alpha value is -2.80. The first-order valence-electron chi connectivity index (χ1n) is 8.99. The molecular weight excluding hydrogens is 377 g/mol. The van der Waals surface area contributed by atoms with E-state index >= 15 is 0 Å². The van der Waals surface area contributed by atoms with E-state index in [4.69, 9.17) is 4.74 Å². The van der Waals surface area contributed by atoms with E-state index in [0.717, 1.165) is 22.4 Å². The van der Waals surface area contributed by atoms with Crippen LogP contribution in [0.5, 0.6) is 5.75 Å². The van der Waals surface area contributed by atoms with Gasteiger partial charge < -0.3 is 10.1 Å². The minimum absolute atomic E-state index is 0.0139. The first-order valence-corrected chi connectivity index (χ1v) is 9.94. The van der Waals surface area contributed by atoms with Gasteiger partial charge in [-0.25, -0.2) is 4.39 Å². The number of hydrogen-bond donors (Lipinski definition) is 2. The molecule has 0 saturated heterocycles. The minimum atomic E-state index is -0.273. The van der Waals surface area contributed by atoms with Crippen molar-refractivity contribution in [2.75, 3.05) is 5.32 Å². The second kappa shape index (κ2) is 7.67. The van der Waals surface area contributed by atoms with Crippen LogP contribution in [0, 0.1) is 12.7 Å². The topological polar surface area (TPSA) is 67.0 Å². The number of hydrogen-bond acceptors (Lipinski definition) is 4. The van der Waals surface area contributed by atoms with Crippen LogP contribution in [0.3, 0.4) is 0 Å². The maximum atomic E-state index is 13.3. The number of benzene rings is 2. The van der Waals surface area contributed by atoms with Crippen molar-refractivity contribution in [1.82, 2.24) is 10.2 Å². The molecule has 0 spiro atoms. The molecule has 1 aliphatic heterocycles. The number of aryl methyl sites for hydroxylation is 1. The zero-order valence-corrected chi connectivity index (χ0v) is 16.3. The second-order valence-corrected chi connectivity index (χ2v) is 8.20. The lowest BCUT2D eigenvalue weighted by Gasteiger charge is -2.18. The van der Waals surface area contributed by atoms with Crippen molar-refractivity contribution in [2.45, 2.75) is 31.0 Å². The first-order chi connectivity index (χ1) is 13.5. The fraction of sp³-hybridized carbons (Fsp3) is 0.238. The van der Waals surface area contributed by atoms with Crippen LogP contribution in [0.4, 0.5) is 10.2 Å². The molecule has 0 saturated carbocycles. The molecule has 1 aromatic heterocycles. The fourth-order valence-corrected chi connectivity index (χ4v) is 4.51. The fourth-order valence-electron chi connectivity index (χ4n) is 3.18. The second-order valence-electron chi connectivity index (χ2n) is 6.75. The summed E-state index contributed by atoms with van der Waals surface area (Å²) in [6.07, 6.45) is 0. The van der Waals surface area contributed by atoms with Crippen molar-refractivity contribution in [1.29, 1.82) is 0 Å². The number of amides is 1. The van der Waals surface area contributed by atoms with Gasteiger partial charge in [-0.3, -0.25) is 9.89 Å². The smallest absolute Gasteiger partial charge is 0.238 e. The number of ether oxygens (including phenoxy) is 1. The van der Waals surface area contributed by atoms with Gasteiger partial charge in [-0.1, -0.05) is 24.3 Å². The molecule has 1 aliphatic rings. The van der Waals surface area contributed by atoms with E-state index in [1.54, 1.807) is 17.8 Å². The summed E-state index contributed by atoms with van der Waals surface area (Å²) < 4.78 is 19.0. The number of anilines is 1. The van der Waals surface area contributed by atoms with E-state index in [2.05, 4.69) is 15.5 Å². The Balaban J connectivity index is 1.54. The molecule has 0 aliphatic carbocycles. The minimum Gasteiger partial charge on any atom is -0.489 e. The predicted octanol–water partition coefficient (Wildman–Crippen LogP) is 4.60. The molecule has 2 aromatic carbocycles. The number of nitrogens with one attached hydrogen (secondary N) is 2. The van der Waals surface area contributed by atoms with Crippen LogP contribution in [0.25, 0.3) is 0 Å². The van der Waals surface area contributed by atoms with Crippen LogP contribution in [-0.4, -0.2) is 21.4 Å². The highest BCUT2D eigenvalue weighted by Crippen LogP contribution is 2.44. The Morgan fingerprint density at radius 1 is 1.21 bits per heavy atom. The highest BCUT2D eigenvalue weighted by atomic mass is 32.2. The zero-order chi connectivity index (χ0) is 19.7. The van der Waals surface area contributed by atoms with Crippen LogP contribution < -0.4 is 10.1 Å². The van der Waals surface area contributed by atoms with E-state index < -0.39 is 0 Å². The number of H-pyrrole nitrogens is 1. The highest BCUT2D eigenvalue weighted by Gasteiger charge is 2.32. The summed E-state index contributed by atoms with van der Waals surface area (Å²) in [4.78, 5) is 12.2. The average molecular weight is 397 g/mol. The molecule has 2 atom stereocenters. The number of carbonyl (C=O) groups excluding carboxylic acids is 1. The van der Waals surface area contributed by atoms with Gasteiger partial charge in [0.25, 0.3) is 0 Å². The number of aromatic amines is 1. The average Bonchev–Trinajstić information content (AvgIpc) is 2.98. The molecule has 2 N–H and O–H groups in total. The summed E-state index contributed by atoms with van der Waals surface area (Å²) >= 11 is 1.59. The van der Waals surface area contributed by atoms with Gasteiger partial charge in [0.1, 0.15) is 18.2 Å². The van der Waals surface area contributed by atoms with Crippen LogP contribution in [-0.2, 0) is 11.4 Å². The number of thioether (sulfide) groups is 1. The molecule has 1 amide bonds. The largest absolute Gasteiger partial charge is 0.489 e. The maximum absolute atomic E-state index is 13.3. The van der Waals surface area contributed by atoms with E-state index in [-0.39, 0.29) is 22.2 Å². The Morgan fingerprint density at radius 3 is 2.75 bits per heavy atom. The third-order valence-corrected chi connectivity index (χ3v) is 6.09. The zero-order valence-electron chi connectivity index (χ0n) is 15.5. The van der Waals surface area contributed by atoms with Gasteiger partial charge >= 0.3 is 0 Å². The molecule has 0 unspecified atom stereocenters. The molecule has 3 aromatic rings. The van der Waals surface area contributed by atoms with E-state index in [9.17, 15) is 9.18 Å². The summed E-state index contributed by atoms with van der Waals surface area (Å²) in [5.41, 5.74) is 3.78. The number of halogens is 1. The summed E-state index contributed by atoms with van der Waals surface area (Å²) in [6, 6.07) is 14.2. The molecule has 4 rings (SSSR count). The van der Waals surface area contributed by atoms with Crippen LogP contribution in [0.2, 0.25) is 0 Å². The van der Waals surface area contributed by atoms with Gasteiger partial charge in [0.15, 0.2) is 5.82 Å². The number of rotatable bonds is 4. The van der Waals surface area contributed by atoms with Crippen molar-refractivity contribution in [3.8, 4) is 5.75 Å². The first kappa shape index (κ1) is 18.6. The SMILES string of the molecule is Cc1[nH]nc2c1[C@@H](c1ccc(OCc3cccc(F)c3)cc1)S[C@@H](C)C(=O)N2. The van der Waals surface area contributed by atoms with Crippen LogP contribution in [0.1, 0.15) is 34.6 Å². The molecule has 2 heterocycles. The van der Waals surface area contributed by atoms with Crippen LogP contribution >= 0.6 is 11.8 Å². The Labute approximate surface area is 166 Å². The van der Waals surface area contributed by atoms with E-state index in [0.29, 0.717) is 18.2 Å². The lowest BCUT2D eigenvalue weighted by Crippen LogP contribution is -2.21. The van der Waals surface area contributed by atoms with Crippen molar-refractivity contribution >= 4 is 23.5 Å². The normalized spacial score (nSPS) is 18.9. The van der Waals surface area contributed by atoms with Gasteiger partial charge in [-0.2, -0.15) is 5.10 Å². The summed E-state index contributed by atoms with van der Waals surface area (Å²) in [5, 5.41) is 9.89. The molecule has 144 valence electrons. The Kier molecular flexibility index (Phi) is 5.09. The molecule has 0 fully saturated rings. The van der Waals surface area contributed by atoms with Gasteiger partial charge in [0, 0.05) is 11.3 Å². The highest BCUT2D eigenvalue weighted by molar-refractivity contribution is 8.01. The van der Waals surface area contributed by atoms with Gasteiger partial charge in [0.2, 0.25) is 5.91 Å². The Morgan fingerprint density at radius 2 is 2.00 bits per heavy atom. The van der Waals surface area contributed by atoms with Crippen LogP contribution in [0.15, 0.2) is 48.5 Å². The van der Waals surface area contributed by atoms with Crippen molar-refractivity contribution in [3.63, 3.8) is 0 Å². The van der Waals surface area contributed by atoms with E-state index in [1.165, 1.54) is 12.1 Å². The quantitative estimate of drug-likeness (QED) is 0.675. The number of nitrogens with zero attached hydrogens (tertiary/aromatic N) is 1. The summed E-state index contributed by atoms with van der Waals surface area (Å²) in [6.45, 7) is 4.15. The number of carbonyl (C=O) groups is 1. The van der Waals surface area contributed by atoms with Gasteiger partial charge in [0.05, 0.1) is 10.5 Å². The van der Waals surface area contributed by atoms with Crippen molar-refractivity contribution in [2.24, 2.45) is 0 Å². The molecule has 0 bridgehead atoms. The van der Waals surface area contributed by atoms with Gasteiger partial charge in [-0.05, 0) is 49.2 Å². The maximum Gasteiger partial charge on any atom is 0.238 e. The third-order valence-electron chi connectivity index (χ3n) is 4.69. The summed E-state index contributed by atoms with van der Waals surface area (Å²) in [5.74, 6) is 0.981. The van der Waals surface area contributed by atoms with Gasteiger partial charge in [-0.15, -0.1) is 11.8 Å².